The summed E-state index contributed by atoms with van der Waals surface area (Å²) in [5.74, 6) is -0.345. The Morgan fingerprint density at radius 2 is 2.00 bits per heavy atom. The van der Waals surface area contributed by atoms with Gasteiger partial charge in [0.1, 0.15) is 5.78 Å². The number of hydrogen-bond donors (Lipinski definition) is 1. The highest BCUT2D eigenvalue weighted by atomic mass is 16.5. The van der Waals surface area contributed by atoms with Crippen molar-refractivity contribution in [3.8, 4) is 0 Å². The van der Waals surface area contributed by atoms with Crippen LogP contribution in [0.1, 0.15) is 37.7 Å². The first-order chi connectivity index (χ1) is 12.6. The smallest absolute Gasteiger partial charge is 0.305 e. The molecule has 0 unspecified atom stereocenters. The van der Waals surface area contributed by atoms with E-state index in [0.29, 0.717) is 12.8 Å². The Morgan fingerprint density at radius 3 is 2.73 bits per heavy atom. The van der Waals surface area contributed by atoms with Gasteiger partial charge in [0.2, 0.25) is 0 Å². The van der Waals surface area contributed by atoms with Crippen LogP contribution in [0.3, 0.4) is 0 Å². The van der Waals surface area contributed by atoms with E-state index in [4.69, 9.17) is 0 Å². The summed E-state index contributed by atoms with van der Waals surface area (Å²) in [6.45, 7) is 0. The predicted octanol–water partition coefficient (Wildman–Crippen LogP) is 3.64. The van der Waals surface area contributed by atoms with E-state index in [1.165, 1.54) is 12.7 Å². The average molecular weight is 356 g/mol. The van der Waals surface area contributed by atoms with Gasteiger partial charge in [-0.15, -0.1) is 0 Å². The van der Waals surface area contributed by atoms with Crippen LogP contribution in [0.5, 0.6) is 0 Å². The summed E-state index contributed by atoms with van der Waals surface area (Å²) < 4.78 is 4.60. The maximum atomic E-state index is 12.2. The van der Waals surface area contributed by atoms with E-state index in [0.717, 1.165) is 19.3 Å². The summed E-state index contributed by atoms with van der Waals surface area (Å²) in [6, 6.07) is 10.1. The van der Waals surface area contributed by atoms with Crippen LogP contribution in [0, 0.1) is 11.8 Å². The molecular formula is C22H28O4. The van der Waals surface area contributed by atoms with E-state index in [2.05, 4.69) is 22.9 Å². The quantitative estimate of drug-likeness (QED) is 0.417. The minimum Gasteiger partial charge on any atom is -0.469 e. The molecule has 1 N–H and O–H groups in total. The van der Waals surface area contributed by atoms with Crippen molar-refractivity contribution in [2.45, 2.75) is 44.6 Å². The zero-order chi connectivity index (χ0) is 18.8. The lowest BCUT2D eigenvalue weighted by atomic mass is 9.90. The molecule has 1 fully saturated rings. The fourth-order valence-electron chi connectivity index (χ4n) is 3.33. The molecule has 4 heteroatoms. The molecular weight excluding hydrogens is 328 g/mol. The third kappa shape index (κ3) is 6.26. The van der Waals surface area contributed by atoms with Gasteiger partial charge in [0, 0.05) is 24.7 Å². The van der Waals surface area contributed by atoms with E-state index in [1.807, 2.05) is 36.4 Å². The van der Waals surface area contributed by atoms with E-state index in [9.17, 15) is 14.7 Å². The van der Waals surface area contributed by atoms with Gasteiger partial charge in [0.05, 0.1) is 13.2 Å². The Hall–Kier alpha value is -2.20. The number of aliphatic hydroxyl groups excluding tert-OH is 1. The van der Waals surface area contributed by atoms with Crippen molar-refractivity contribution in [1.29, 1.82) is 0 Å². The van der Waals surface area contributed by atoms with Crippen molar-refractivity contribution in [1.82, 2.24) is 0 Å². The van der Waals surface area contributed by atoms with Gasteiger partial charge in [-0.1, -0.05) is 54.6 Å². The van der Waals surface area contributed by atoms with Gasteiger partial charge in [-0.25, -0.2) is 0 Å². The molecule has 0 bridgehead atoms. The van der Waals surface area contributed by atoms with Crippen LogP contribution in [0.4, 0.5) is 0 Å². The Bertz CT molecular complexity index is 633. The first-order valence-electron chi connectivity index (χ1n) is 9.25. The number of esters is 1. The van der Waals surface area contributed by atoms with Gasteiger partial charge < -0.3 is 9.84 Å². The number of ketones is 1. The topological polar surface area (TPSA) is 63.6 Å². The average Bonchev–Trinajstić information content (AvgIpc) is 2.92. The number of benzene rings is 1. The van der Waals surface area contributed by atoms with Gasteiger partial charge in [-0.2, -0.15) is 0 Å². The number of ether oxygens (including phenoxy) is 1. The molecule has 1 saturated carbocycles. The highest BCUT2D eigenvalue weighted by Crippen LogP contribution is 2.33. The van der Waals surface area contributed by atoms with E-state index in [1.54, 1.807) is 0 Å². The van der Waals surface area contributed by atoms with Crippen molar-refractivity contribution < 1.29 is 19.4 Å². The summed E-state index contributed by atoms with van der Waals surface area (Å²) in [6.07, 6.45) is 11.1. The minimum atomic E-state index is -0.591. The van der Waals surface area contributed by atoms with Crippen molar-refractivity contribution in [2.24, 2.45) is 11.8 Å². The van der Waals surface area contributed by atoms with Crippen LogP contribution in [0.2, 0.25) is 0 Å². The van der Waals surface area contributed by atoms with Crippen LogP contribution in [0.25, 0.3) is 0 Å². The van der Waals surface area contributed by atoms with Gasteiger partial charge in [-0.05, 0) is 31.2 Å². The number of allylic oxidation sites excluding steroid dienone is 3. The monoisotopic (exact) mass is 356 g/mol. The number of aliphatic hydroxyl groups is 1. The predicted molar refractivity (Wildman–Crippen MR) is 102 cm³/mol. The molecule has 0 amide bonds. The van der Waals surface area contributed by atoms with Crippen LogP contribution in [-0.4, -0.2) is 30.1 Å². The normalized spacial score (nSPS) is 23.2. The summed E-state index contributed by atoms with van der Waals surface area (Å²) in [7, 11) is 1.39. The van der Waals surface area contributed by atoms with Crippen molar-refractivity contribution >= 4 is 11.8 Å². The molecule has 140 valence electrons. The minimum absolute atomic E-state index is 0.120. The largest absolute Gasteiger partial charge is 0.469 e. The SMILES string of the molecule is COC(=O)CCC/C=C\C[C@H]1C(=O)C[C@@H](O)[C@@H]1/C=C/Cc1ccccc1. The number of carbonyl (C=O) groups excluding carboxylic acids is 2. The highest BCUT2D eigenvalue weighted by Gasteiger charge is 2.38. The Morgan fingerprint density at radius 1 is 1.23 bits per heavy atom. The molecule has 26 heavy (non-hydrogen) atoms. The number of methoxy groups -OCH3 is 1. The summed E-state index contributed by atoms with van der Waals surface area (Å²) in [5.41, 5.74) is 1.21. The number of hydrogen-bond acceptors (Lipinski definition) is 4. The lowest BCUT2D eigenvalue weighted by molar-refractivity contribution is -0.140. The molecule has 0 saturated heterocycles. The third-order valence-electron chi connectivity index (χ3n) is 4.82. The van der Waals surface area contributed by atoms with Crippen LogP contribution >= 0.6 is 0 Å². The van der Waals surface area contributed by atoms with Crippen LogP contribution < -0.4 is 0 Å². The standard InChI is InChI=1S/C22H28O4/c1-26-22(25)15-8-3-2-7-13-18-19(21(24)16-20(18)23)14-9-12-17-10-5-4-6-11-17/h2,4-7,9-11,14,18-19,21,24H,3,8,12-13,15-16H2,1H3/b7-2-,14-9+/t18-,19-,21-/m1/s1. The van der Waals surface area contributed by atoms with Gasteiger partial charge in [0.15, 0.2) is 0 Å². The zero-order valence-electron chi connectivity index (χ0n) is 15.3. The molecule has 1 aliphatic carbocycles. The first-order valence-corrected chi connectivity index (χ1v) is 9.25. The summed E-state index contributed by atoms with van der Waals surface area (Å²) in [4.78, 5) is 23.2. The van der Waals surface area contributed by atoms with E-state index < -0.39 is 6.10 Å². The molecule has 1 aromatic carbocycles. The van der Waals surface area contributed by atoms with Gasteiger partial charge >= 0.3 is 5.97 Å². The summed E-state index contributed by atoms with van der Waals surface area (Å²) in [5, 5.41) is 10.2. The van der Waals surface area contributed by atoms with E-state index in [-0.39, 0.29) is 30.0 Å². The zero-order valence-corrected chi connectivity index (χ0v) is 15.3. The van der Waals surface area contributed by atoms with Crippen LogP contribution in [-0.2, 0) is 20.7 Å². The fourth-order valence-corrected chi connectivity index (χ4v) is 3.33. The Kier molecular flexibility index (Phi) is 8.29. The highest BCUT2D eigenvalue weighted by molar-refractivity contribution is 5.84. The number of rotatable bonds is 9. The molecule has 0 radical (unpaired) electrons. The molecule has 0 spiro atoms. The molecule has 2 rings (SSSR count). The van der Waals surface area contributed by atoms with Gasteiger partial charge in [-0.3, -0.25) is 9.59 Å². The molecule has 0 heterocycles. The molecule has 3 atom stereocenters. The second kappa shape index (κ2) is 10.7. The van der Waals surface area contributed by atoms with Crippen molar-refractivity contribution in [3.05, 3.63) is 60.2 Å². The second-order valence-corrected chi connectivity index (χ2v) is 6.71. The van der Waals surface area contributed by atoms with Crippen molar-refractivity contribution in [2.75, 3.05) is 7.11 Å². The number of carbonyl (C=O) groups is 2. The maximum Gasteiger partial charge on any atom is 0.305 e. The fraction of sp³-hybridized carbons (Fsp3) is 0.455. The molecule has 1 aromatic rings. The van der Waals surface area contributed by atoms with Crippen molar-refractivity contribution in [3.63, 3.8) is 0 Å². The molecule has 0 aliphatic heterocycles. The second-order valence-electron chi connectivity index (χ2n) is 6.71. The molecule has 1 aliphatic rings. The Balaban J connectivity index is 1.83. The lowest BCUT2D eigenvalue weighted by Crippen LogP contribution is -2.18. The third-order valence-corrected chi connectivity index (χ3v) is 4.82. The lowest BCUT2D eigenvalue weighted by Gasteiger charge is -2.15. The van der Waals surface area contributed by atoms with Gasteiger partial charge in [0.25, 0.3) is 0 Å². The van der Waals surface area contributed by atoms with E-state index >= 15 is 0 Å². The Labute approximate surface area is 155 Å². The summed E-state index contributed by atoms with van der Waals surface area (Å²) >= 11 is 0. The number of Topliss-reactive ketones (excluding diaryl/α,β-unsaturated/α-hetero) is 1. The molecule has 0 aromatic heterocycles. The number of unbranched alkanes of at least 4 members (excludes halogenated alkanes) is 1. The molecule has 4 nitrogen and oxygen atoms in total. The maximum absolute atomic E-state index is 12.2. The van der Waals surface area contributed by atoms with Crippen LogP contribution in [0.15, 0.2) is 54.6 Å². The first kappa shape index (κ1) is 20.1.